The van der Waals surface area contributed by atoms with Crippen LogP contribution in [0.3, 0.4) is 0 Å². The molecule has 4 rings (SSSR count). The Labute approximate surface area is 204 Å². The maximum Gasteiger partial charge on any atom is 0.350 e. The molecule has 0 aliphatic carbocycles. The van der Waals surface area contributed by atoms with Gasteiger partial charge in [0.1, 0.15) is 28.2 Å². The van der Waals surface area contributed by atoms with E-state index in [1.54, 1.807) is 32.0 Å². The molecule has 1 amide bonds. The number of aromatic nitrogens is 1. The summed E-state index contributed by atoms with van der Waals surface area (Å²) in [4.78, 5) is 44.0. The highest BCUT2D eigenvalue weighted by molar-refractivity contribution is 7.17. The Bertz CT molecular complexity index is 1400. The fraction of sp³-hybridized carbons (Fsp3) is 0.200. The SMILES string of the molecule is COC(=O)c1sc(N2C(=O)C(=O)/C(=C(/O)c3ccc(OC)c(C)c3)[C@H]2c2ccccc2F)nc1C. The molecule has 0 unspecified atom stereocenters. The number of halogens is 1. The molecule has 1 fully saturated rings. The number of hydrogen-bond donors (Lipinski definition) is 1. The quantitative estimate of drug-likeness (QED) is 0.243. The molecule has 10 heteroatoms. The molecule has 2 heterocycles. The van der Waals surface area contributed by atoms with Gasteiger partial charge >= 0.3 is 11.9 Å². The van der Waals surface area contributed by atoms with Crippen molar-refractivity contribution >= 4 is 39.9 Å². The van der Waals surface area contributed by atoms with Crippen molar-refractivity contribution in [2.45, 2.75) is 19.9 Å². The number of anilines is 1. The summed E-state index contributed by atoms with van der Waals surface area (Å²) >= 11 is 0.840. The molecule has 1 N–H and O–H groups in total. The zero-order chi connectivity index (χ0) is 25.4. The minimum absolute atomic E-state index is 0.00298. The number of aliphatic hydroxyl groups excluding tert-OH is 1. The molecule has 1 atom stereocenters. The number of nitrogens with zero attached hydrogens (tertiary/aromatic N) is 2. The van der Waals surface area contributed by atoms with Gasteiger partial charge in [0.15, 0.2) is 5.13 Å². The van der Waals surface area contributed by atoms with Crippen LogP contribution in [0.5, 0.6) is 5.75 Å². The zero-order valence-electron chi connectivity index (χ0n) is 19.3. The van der Waals surface area contributed by atoms with Crippen LogP contribution in [0.4, 0.5) is 9.52 Å². The predicted molar refractivity (Wildman–Crippen MR) is 127 cm³/mol. The second kappa shape index (κ2) is 9.30. The molecule has 1 aliphatic rings. The van der Waals surface area contributed by atoms with Gasteiger partial charge in [0.25, 0.3) is 5.78 Å². The summed E-state index contributed by atoms with van der Waals surface area (Å²) in [6, 6.07) is 9.09. The lowest BCUT2D eigenvalue weighted by Gasteiger charge is -2.23. The van der Waals surface area contributed by atoms with Gasteiger partial charge in [0, 0.05) is 11.1 Å². The Kier molecular flexibility index (Phi) is 6.40. The van der Waals surface area contributed by atoms with Gasteiger partial charge in [0.05, 0.1) is 25.5 Å². The van der Waals surface area contributed by atoms with Gasteiger partial charge in [-0.05, 0) is 43.7 Å². The highest BCUT2D eigenvalue weighted by Gasteiger charge is 2.49. The number of hydrogen-bond acceptors (Lipinski definition) is 8. The standard InChI is InChI=1S/C25H21FN2O6S/c1-12-11-14(9-10-17(12)33-3)20(29)18-19(15-7-5-6-8-16(15)26)28(23(31)21(18)30)25-27-13(2)22(35-25)24(32)34-4/h5-11,19,29H,1-4H3/b20-18+/t19-/m1/s1. The first-order chi connectivity index (χ1) is 16.7. The van der Waals surface area contributed by atoms with Gasteiger partial charge < -0.3 is 14.6 Å². The number of thiazole rings is 1. The number of amides is 1. The lowest BCUT2D eigenvalue weighted by atomic mass is 9.94. The second-order valence-electron chi connectivity index (χ2n) is 7.78. The number of aryl methyl sites for hydroxylation is 2. The molecule has 180 valence electrons. The van der Waals surface area contributed by atoms with E-state index in [0.29, 0.717) is 11.3 Å². The number of carbonyl (C=O) groups is 3. The van der Waals surface area contributed by atoms with Gasteiger partial charge in [-0.2, -0.15) is 0 Å². The van der Waals surface area contributed by atoms with Crippen molar-refractivity contribution in [1.82, 2.24) is 4.98 Å². The van der Waals surface area contributed by atoms with Gasteiger partial charge in [0.2, 0.25) is 0 Å². The molecule has 35 heavy (non-hydrogen) atoms. The van der Waals surface area contributed by atoms with E-state index in [0.717, 1.165) is 16.2 Å². The lowest BCUT2D eigenvalue weighted by molar-refractivity contribution is -0.132. The molecule has 1 aliphatic heterocycles. The number of Topliss-reactive ketones (excluding diaryl/α,β-unsaturated/α-hetero) is 1. The van der Waals surface area contributed by atoms with E-state index in [1.165, 1.54) is 38.5 Å². The van der Waals surface area contributed by atoms with Gasteiger partial charge in [-0.1, -0.05) is 29.5 Å². The summed E-state index contributed by atoms with van der Waals surface area (Å²) in [5, 5.41) is 11.2. The minimum atomic E-state index is -1.31. The topological polar surface area (TPSA) is 106 Å². The van der Waals surface area contributed by atoms with E-state index in [1.807, 2.05) is 0 Å². The summed E-state index contributed by atoms with van der Waals surface area (Å²) in [6.07, 6.45) is 0. The second-order valence-corrected chi connectivity index (χ2v) is 8.76. The number of ketones is 1. The van der Waals surface area contributed by atoms with E-state index >= 15 is 0 Å². The minimum Gasteiger partial charge on any atom is -0.507 e. The predicted octanol–water partition coefficient (Wildman–Crippen LogP) is 4.32. The number of aliphatic hydroxyl groups is 1. The Morgan fingerprint density at radius 2 is 1.86 bits per heavy atom. The smallest absolute Gasteiger partial charge is 0.350 e. The third-order valence-electron chi connectivity index (χ3n) is 5.67. The van der Waals surface area contributed by atoms with Crippen LogP contribution in [-0.4, -0.2) is 42.0 Å². The molecule has 0 radical (unpaired) electrons. The van der Waals surface area contributed by atoms with Crippen LogP contribution in [-0.2, 0) is 14.3 Å². The summed E-state index contributed by atoms with van der Waals surface area (Å²) in [6.45, 7) is 3.32. The molecule has 1 saturated heterocycles. The summed E-state index contributed by atoms with van der Waals surface area (Å²) < 4.78 is 25.0. The molecule has 0 bridgehead atoms. The Hall–Kier alpha value is -4.05. The third kappa shape index (κ3) is 4.06. The normalized spacial score (nSPS) is 17.1. The molecule has 1 aromatic heterocycles. The van der Waals surface area contributed by atoms with Gasteiger partial charge in [-0.15, -0.1) is 0 Å². The van der Waals surface area contributed by atoms with Crippen molar-refractivity contribution in [3.63, 3.8) is 0 Å². The summed E-state index contributed by atoms with van der Waals surface area (Å²) in [5.41, 5.74) is 0.930. The molecule has 2 aromatic carbocycles. The van der Waals surface area contributed by atoms with Crippen molar-refractivity contribution in [3.05, 3.63) is 81.1 Å². The fourth-order valence-corrected chi connectivity index (χ4v) is 4.98. The zero-order valence-corrected chi connectivity index (χ0v) is 20.1. The van der Waals surface area contributed by atoms with Crippen molar-refractivity contribution in [2.75, 3.05) is 19.1 Å². The Balaban J connectivity index is 1.95. The maximum atomic E-state index is 15.0. The van der Waals surface area contributed by atoms with Crippen LogP contribution in [0.1, 0.15) is 38.1 Å². The lowest BCUT2D eigenvalue weighted by Crippen LogP contribution is -2.29. The van der Waals surface area contributed by atoms with Crippen LogP contribution in [0.2, 0.25) is 0 Å². The average Bonchev–Trinajstić information content (AvgIpc) is 3.35. The largest absolute Gasteiger partial charge is 0.507 e. The van der Waals surface area contributed by atoms with Crippen LogP contribution >= 0.6 is 11.3 Å². The number of carbonyl (C=O) groups excluding carboxylic acids is 3. The van der Waals surface area contributed by atoms with Crippen molar-refractivity contribution in [3.8, 4) is 5.75 Å². The number of ether oxygens (including phenoxy) is 2. The van der Waals surface area contributed by atoms with E-state index in [9.17, 15) is 23.9 Å². The maximum absolute atomic E-state index is 15.0. The highest BCUT2D eigenvalue weighted by Crippen LogP contribution is 2.44. The van der Waals surface area contributed by atoms with Gasteiger partial charge in [-0.3, -0.25) is 14.5 Å². The summed E-state index contributed by atoms with van der Waals surface area (Å²) in [5.74, 6) is -3.24. The Morgan fingerprint density at radius 3 is 2.49 bits per heavy atom. The first-order valence-corrected chi connectivity index (χ1v) is 11.3. The molecular weight excluding hydrogens is 475 g/mol. The summed E-state index contributed by atoms with van der Waals surface area (Å²) in [7, 11) is 2.72. The van der Waals surface area contributed by atoms with Gasteiger partial charge in [-0.25, -0.2) is 14.2 Å². The molecule has 3 aromatic rings. The number of rotatable bonds is 5. The molecule has 0 spiro atoms. The van der Waals surface area contributed by atoms with Crippen LogP contribution in [0, 0.1) is 19.7 Å². The van der Waals surface area contributed by atoms with Crippen LogP contribution in [0.15, 0.2) is 48.0 Å². The fourth-order valence-electron chi connectivity index (χ4n) is 3.97. The average molecular weight is 497 g/mol. The number of methoxy groups -OCH3 is 2. The van der Waals surface area contributed by atoms with E-state index < -0.39 is 35.3 Å². The first kappa shape index (κ1) is 24.1. The van der Waals surface area contributed by atoms with Crippen LogP contribution in [0.25, 0.3) is 5.76 Å². The first-order valence-electron chi connectivity index (χ1n) is 10.5. The monoisotopic (exact) mass is 496 g/mol. The van der Waals surface area contributed by atoms with E-state index in [2.05, 4.69) is 4.98 Å². The van der Waals surface area contributed by atoms with Crippen molar-refractivity contribution in [1.29, 1.82) is 0 Å². The van der Waals surface area contributed by atoms with E-state index in [-0.39, 0.29) is 32.4 Å². The molecule has 8 nitrogen and oxygen atoms in total. The molecule has 0 saturated carbocycles. The highest BCUT2D eigenvalue weighted by atomic mass is 32.1. The molecular formula is C25H21FN2O6S. The van der Waals surface area contributed by atoms with E-state index in [4.69, 9.17) is 9.47 Å². The number of benzene rings is 2. The van der Waals surface area contributed by atoms with Crippen molar-refractivity contribution in [2.24, 2.45) is 0 Å². The number of esters is 1. The van der Waals surface area contributed by atoms with Crippen molar-refractivity contribution < 1.29 is 33.4 Å². The van der Waals surface area contributed by atoms with Crippen LogP contribution < -0.4 is 9.64 Å². The third-order valence-corrected chi connectivity index (χ3v) is 6.81. The Morgan fingerprint density at radius 1 is 1.14 bits per heavy atom.